The van der Waals surface area contributed by atoms with Crippen LogP contribution in [-0.2, 0) is 17.6 Å². The Morgan fingerprint density at radius 1 is 1.11 bits per heavy atom. The molecule has 1 aliphatic carbocycles. The van der Waals surface area contributed by atoms with Gasteiger partial charge in [0.05, 0.1) is 29.0 Å². The molecule has 1 aliphatic rings. The highest BCUT2D eigenvalue weighted by atomic mass is 32.2. The number of thiophene rings is 1. The molecular weight excluding hydrogens is 510 g/mol. The maximum atomic E-state index is 13.9. The van der Waals surface area contributed by atoms with Crippen LogP contribution >= 0.6 is 23.1 Å². The van der Waals surface area contributed by atoms with Crippen LogP contribution in [0.25, 0.3) is 15.9 Å². The van der Waals surface area contributed by atoms with E-state index in [1.807, 2.05) is 31.2 Å². The van der Waals surface area contributed by atoms with Crippen LogP contribution in [-0.4, -0.2) is 38.9 Å². The molecule has 5 rings (SSSR count). The van der Waals surface area contributed by atoms with Crippen LogP contribution in [0.3, 0.4) is 0 Å². The Bertz CT molecular complexity index is 1530. The summed E-state index contributed by atoms with van der Waals surface area (Å²) in [6, 6.07) is 13.2. The van der Waals surface area contributed by atoms with E-state index in [4.69, 9.17) is 14.8 Å². The lowest BCUT2D eigenvalue weighted by atomic mass is 9.97. The summed E-state index contributed by atoms with van der Waals surface area (Å²) < 4.78 is 7.14. The third kappa shape index (κ3) is 5.26. The van der Waals surface area contributed by atoms with Crippen molar-refractivity contribution in [1.29, 1.82) is 0 Å². The first-order chi connectivity index (χ1) is 17.9. The molecule has 2 aromatic carbocycles. The van der Waals surface area contributed by atoms with E-state index >= 15 is 0 Å². The second-order valence-corrected chi connectivity index (χ2v) is 10.6. The minimum absolute atomic E-state index is 0.0285. The van der Waals surface area contributed by atoms with Gasteiger partial charge in [-0.1, -0.05) is 11.8 Å². The number of benzene rings is 2. The molecule has 0 radical (unpaired) electrons. The summed E-state index contributed by atoms with van der Waals surface area (Å²) in [5.41, 5.74) is 2.28. The summed E-state index contributed by atoms with van der Waals surface area (Å²) in [7, 11) is 0. The third-order valence-corrected chi connectivity index (χ3v) is 8.24. The van der Waals surface area contributed by atoms with Gasteiger partial charge in [0.25, 0.3) is 5.56 Å². The monoisotopic (exact) mass is 535 g/mol. The number of fused-ring (bicyclic) bond motifs is 3. The molecule has 37 heavy (non-hydrogen) atoms. The number of aromatic nitrogens is 2. The number of aromatic carboxylic acids is 1. The number of rotatable bonds is 8. The van der Waals surface area contributed by atoms with Gasteiger partial charge in [-0.15, -0.1) is 11.3 Å². The normalized spacial score (nSPS) is 12.8. The lowest BCUT2D eigenvalue weighted by Gasteiger charge is -2.14. The third-order valence-electron chi connectivity index (χ3n) is 6.11. The van der Waals surface area contributed by atoms with Crippen molar-refractivity contribution < 1.29 is 19.4 Å². The molecule has 190 valence electrons. The zero-order chi connectivity index (χ0) is 25.9. The van der Waals surface area contributed by atoms with Crippen LogP contribution in [0.15, 0.2) is 58.5 Å². The van der Waals surface area contributed by atoms with E-state index in [0.29, 0.717) is 39.1 Å². The number of carboxylic acids is 1. The first-order valence-corrected chi connectivity index (χ1v) is 13.8. The number of aryl methyl sites for hydroxylation is 2. The number of amides is 1. The van der Waals surface area contributed by atoms with Gasteiger partial charge >= 0.3 is 5.97 Å². The van der Waals surface area contributed by atoms with Gasteiger partial charge in [-0.05, 0) is 86.7 Å². The lowest BCUT2D eigenvalue weighted by Crippen LogP contribution is -2.23. The van der Waals surface area contributed by atoms with E-state index in [1.54, 1.807) is 28.0 Å². The van der Waals surface area contributed by atoms with Gasteiger partial charge in [0.15, 0.2) is 5.16 Å². The van der Waals surface area contributed by atoms with Gasteiger partial charge in [0.1, 0.15) is 10.6 Å². The van der Waals surface area contributed by atoms with E-state index in [2.05, 4.69) is 5.32 Å². The number of carbonyl (C=O) groups is 2. The summed E-state index contributed by atoms with van der Waals surface area (Å²) in [4.78, 5) is 44.4. The fourth-order valence-corrected chi connectivity index (χ4v) is 6.51. The van der Waals surface area contributed by atoms with Gasteiger partial charge in [-0.25, -0.2) is 9.78 Å². The molecule has 0 saturated carbocycles. The first-order valence-electron chi connectivity index (χ1n) is 12.0. The van der Waals surface area contributed by atoms with Crippen molar-refractivity contribution in [1.82, 2.24) is 9.55 Å². The number of carboxylic acid groups (broad SMARTS) is 1. The number of hydrogen-bond donors (Lipinski definition) is 2. The Morgan fingerprint density at radius 3 is 2.54 bits per heavy atom. The van der Waals surface area contributed by atoms with Gasteiger partial charge < -0.3 is 15.2 Å². The zero-order valence-corrected chi connectivity index (χ0v) is 21.8. The van der Waals surface area contributed by atoms with E-state index in [1.165, 1.54) is 28.8 Å². The Kier molecular flexibility index (Phi) is 7.29. The van der Waals surface area contributed by atoms with Gasteiger partial charge in [-0.2, -0.15) is 0 Å². The summed E-state index contributed by atoms with van der Waals surface area (Å²) >= 11 is 2.76. The van der Waals surface area contributed by atoms with Crippen molar-refractivity contribution in [3.8, 4) is 11.4 Å². The molecule has 8 nitrogen and oxygen atoms in total. The van der Waals surface area contributed by atoms with Crippen molar-refractivity contribution in [2.45, 2.75) is 37.8 Å². The highest BCUT2D eigenvalue weighted by molar-refractivity contribution is 7.99. The topological polar surface area (TPSA) is 111 Å². The quantitative estimate of drug-likeness (QED) is 0.237. The number of nitrogens with zero attached hydrogens (tertiary/aromatic N) is 2. The number of ether oxygens (including phenoxy) is 1. The van der Waals surface area contributed by atoms with Crippen molar-refractivity contribution in [3.63, 3.8) is 0 Å². The molecule has 2 N–H and O–H groups in total. The standard InChI is InChI=1S/C27H25N3O5S2/c1-2-35-19-13-11-18(12-14-19)30-25(32)23-20-5-3-4-6-21(20)37-24(23)29-27(30)36-15-22(31)28-17-9-7-16(8-10-17)26(33)34/h7-14H,2-6,15H2,1H3,(H,28,31)(H,33,34). The van der Waals surface area contributed by atoms with Crippen LogP contribution in [0.2, 0.25) is 0 Å². The molecule has 0 spiro atoms. The van der Waals surface area contributed by atoms with E-state index in [-0.39, 0.29) is 22.8 Å². The Hall–Kier alpha value is -3.63. The predicted octanol–water partition coefficient (Wildman–Crippen LogP) is 5.15. The average Bonchev–Trinajstić information content (AvgIpc) is 3.27. The van der Waals surface area contributed by atoms with Crippen LogP contribution in [0.1, 0.15) is 40.6 Å². The molecular formula is C27H25N3O5S2. The molecule has 0 saturated heterocycles. The molecule has 2 aromatic heterocycles. The predicted molar refractivity (Wildman–Crippen MR) is 146 cm³/mol. The minimum Gasteiger partial charge on any atom is -0.494 e. The minimum atomic E-state index is -1.03. The SMILES string of the molecule is CCOc1ccc(-n2c(SCC(=O)Nc3ccc(C(=O)O)cc3)nc3sc4c(c3c2=O)CCCC4)cc1. The highest BCUT2D eigenvalue weighted by Crippen LogP contribution is 2.35. The average molecular weight is 536 g/mol. The van der Waals surface area contributed by atoms with Crippen LogP contribution in [0, 0.1) is 0 Å². The Labute approximate surface area is 221 Å². The van der Waals surface area contributed by atoms with Gasteiger partial charge in [-0.3, -0.25) is 14.2 Å². The van der Waals surface area contributed by atoms with Crippen molar-refractivity contribution in [3.05, 3.63) is 74.9 Å². The highest BCUT2D eigenvalue weighted by Gasteiger charge is 2.23. The second-order valence-electron chi connectivity index (χ2n) is 8.57. The molecule has 0 unspecified atom stereocenters. The van der Waals surface area contributed by atoms with Crippen molar-refractivity contribution in [2.75, 3.05) is 17.7 Å². The number of carbonyl (C=O) groups excluding carboxylic acids is 1. The maximum Gasteiger partial charge on any atom is 0.335 e. The second kappa shape index (κ2) is 10.8. The largest absolute Gasteiger partial charge is 0.494 e. The summed E-state index contributed by atoms with van der Waals surface area (Å²) in [6.45, 7) is 2.46. The number of anilines is 1. The first kappa shape index (κ1) is 25.0. The molecule has 0 atom stereocenters. The van der Waals surface area contributed by atoms with Crippen LogP contribution < -0.4 is 15.6 Å². The summed E-state index contributed by atoms with van der Waals surface area (Å²) in [5, 5.41) is 12.9. The molecule has 2 heterocycles. The van der Waals surface area contributed by atoms with Crippen LogP contribution in [0.5, 0.6) is 5.75 Å². The molecule has 0 aliphatic heterocycles. The van der Waals surface area contributed by atoms with Gasteiger partial charge in [0, 0.05) is 10.6 Å². The number of hydrogen-bond acceptors (Lipinski definition) is 7. The molecule has 1 amide bonds. The van der Waals surface area contributed by atoms with Gasteiger partial charge in [0.2, 0.25) is 5.91 Å². The van der Waals surface area contributed by atoms with E-state index < -0.39 is 5.97 Å². The van der Waals surface area contributed by atoms with Crippen LogP contribution in [0.4, 0.5) is 5.69 Å². The zero-order valence-electron chi connectivity index (χ0n) is 20.2. The fraction of sp³-hybridized carbons (Fsp3) is 0.259. The molecule has 0 fully saturated rings. The van der Waals surface area contributed by atoms with E-state index in [0.717, 1.165) is 31.2 Å². The fourth-order valence-electron chi connectivity index (χ4n) is 4.39. The Balaban J connectivity index is 1.46. The Morgan fingerprint density at radius 2 is 1.84 bits per heavy atom. The number of thioether (sulfide) groups is 1. The molecule has 10 heteroatoms. The van der Waals surface area contributed by atoms with Crippen molar-refractivity contribution >= 4 is 50.9 Å². The van der Waals surface area contributed by atoms with Crippen molar-refractivity contribution in [2.24, 2.45) is 0 Å². The van der Waals surface area contributed by atoms with E-state index in [9.17, 15) is 14.4 Å². The molecule has 4 aromatic rings. The smallest absolute Gasteiger partial charge is 0.335 e. The number of nitrogens with one attached hydrogen (secondary N) is 1. The summed E-state index contributed by atoms with van der Waals surface area (Å²) in [5.74, 6) is -0.576. The lowest BCUT2D eigenvalue weighted by molar-refractivity contribution is -0.113. The maximum absolute atomic E-state index is 13.9. The summed E-state index contributed by atoms with van der Waals surface area (Å²) in [6.07, 6.45) is 4.02. The molecule has 0 bridgehead atoms.